The van der Waals surface area contributed by atoms with E-state index >= 15 is 0 Å². The van der Waals surface area contributed by atoms with Gasteiger partial charge in [0, 0.05) is 18.7 Å². The van der Waals surface area contributed by atoms with Gasteiger partial charge in [-0.25, -0.2) is 13.8 Å². The predicted octanol–water partition coefficient (Wildman–Crippen LogP) is 6.35. The van der Waals surface area contributed by atoms with E-state index in [0.717, 1.165) is 52.8 Å². The third-order valence-corrected chi connectivity index (χ3v) is 7.20. The van der Waals surface area contributed by atoms with Gasteiger partial charge in [-0.1, -0.05) is 36.4 Å². The number of fused-ring (bicyclic) bond motifs is 1. The van der Waals surface area contributed by atoms with Crippen molar-refractivity contribution in [1.29, 1.82) is 0 Å². The molecule has 0 radical (unpaired) electrons. The summed E-state index contributed by atoms with van der Waals surface area (Å²) in [5.41, 5.74) is 2.05. The zero-order valence-corrected chi connectivity index (χ0v) is 19.7. The second-order valence-corrected chi connectivity index (χ2v) is 9.67. The number of rotatable bonds is 7. The van der Waals surface area contributed by atoms with Gasteiger partial charge < -0.3 is 14.4 Å². The first-order valence-corrected chi connectivity index (χ1v) is 12.2. The van der Waals surface area contributed by atoms with Crippen molar-refractivity contribution in [3.05, 3.63) is 94.5 Å². The van der Waals surface area contributed by atoms with Crippen molar-refractivity contribution in [1.82, 2.24) is 9.88 Å². The zero-order chi connectivity index (χ0) is 23.5. The van der Waals surface area contributed by atoms with Gasteiger partial charge in [-0.3, -0.25) is 0 Å². The van der Waals surface area contributed by atoms with Gasteiger partial charge in [-0.2, -0.15) is 0 Å². The van der Waals surface area contributed by atoms with Crippen molar-refractivity contribution in [2.24, 2.45) is 0 Å². The molecule has 0 N–H and O–H groups in total. The summed E-state index contributed by atoms with van der Waals surface area (Å²) < 4.78 is 41.2. The summed E-state index contributed by atoms with van der Waals surface area (Å²) in [6.07, 6.45) is 1.74. The summed E-state index contributed by atoms with van der Waals surface area (Å²) in [6.45, 7) is 1.94. The van der Waals surface area contributed by atoms with Crippen molar-refractivity contribution in [3.63, 3.8) is 0 Å². The summed E-state index contributed by atoms with van der Waals surface area (Å²) >= 11 is 1.63. The van der Waals surface area contributed by atoms with Crippen LogP contribution in [0.3, 0.4) is 0 Å². The maximum Gasteiger partial charge on any atom is 0.165 e. The quantitative estimate of drug-likeness (QED) is 0.309. The van der Waals surface area contributed by atoms with Crippen molar-refractivity contribution in [2.75, 3.05) is 20.1 Å². The van der Waals surface area contributed by atoms with E-state index in [-0.39, 0.29) is 24.4 Å². The topological polar surface area (TPSA) is 34.6 Å². The van der Waals surface area contributed by atoms with Crippen molar-refractivity contribution >= 4 is 21.6 Å². The molecule has 176 valence electrons. The minimum absolute atomic E-state index is 0.0608. The number of para-hydroxylation sites is 1. The van der Waals surface area contributed by atoms with Crippen LogP contribution < -0.4 is 4.74 Å². The Morgan fingerprint density at radius 3 is 2.65 bits per heavy atom. The molecule has 4 aromatic rings. The number of nitrogens with zero attached hydrogens (tertiary/aromatic N) is 2. The first-order chi connectivity index (χ1) is 16.6. The lowest BCUT2D eigenvalue weighted by atomic mass is 10.1. The van der Waals surface area contributed by atoms with Crippen LogP contribution in [0.5, 0.6) is 5.75 Å². The molecule has 0 bridgehead atoms. The highest BCUT2D eigenvalue weighted by Crippen LogP contribution is 2.36. The van der Waals surface area contributed by atoms with E-state index in [9.17, 15) is 8.78 Å². The van der Waals surface area contributed by atoms with Crippen LogP contribution in [0.4, 0.5) is 8.78 Å². The molecule has 3 aromatic carbocycles. The molecule has 7 heteroatoms. The lowest BCUT2D eigenvalue weighted by Crippen LogP contribution is -2.35. The number of aromatic nitrogens is 1. The summed E-state index contributed by atoms with van der Waals surface area (Å²) in [7, 11) is 2.13. The second-order valence-electron chi connectivity index (χ2n) is 8.61. The van der Waals surface area contributed by atoms with Gasteiger partial charge in [-0.15, -0.1) is 11.3 Å². The average Bonchev–Trinajstić information content (AvgIpc) is 3.29. The van der Waals surface area contributed by atoms with E-state index in [1.165, 1.54) is 12.1 Å². The molecule has 1 saturated heterocycles. The van der Waals surface area contributed by atoms with Crippen molar-refractivity contribution in [3.8, 4) is 5.75 Å². The minimum atomic E-state index is -0.878. The highest BCUT2D eigenvalue weighted by molar-refractivity contribution is 7.18. The fourth-order valence-electron chi connectivity index (χ4n) is 4.18. The van der Waals surface area contributed by atoms with E-state index in [4.69, 9.17) is 14.5 Å². The van der Waals surface area contributed by atoms with Crippen molar-refractivity contribution < 1.29 is 18.3 Å². The van der Waals surface area contributed by atoms with Gasteiger partial charge in [0.15, 0.2) is 11.6 Å². The number of piperidine rings is 1. The monoisotopic (exact) mass is 480 g/mol. The third kappa shape index (κ3) is 5.12. The number of halogens is 2. The second kappa shape index (κ2) is 10.2. The maximum atomic E-state index is 14.0. The SMILES string of the molecule is CN1CCC(OC(c2cccc(OCc3cccc(F)c3F)c2)c2nc3ccccc3s2)CC1. The molecule has 1 atom stereocenters. The van der Waals surface area contributed by atoms with Gasteiger partial charge >= 0.3 is 0 Å². The lowest BCUT2D eigenvalue weighted by Gasteiger charge is -2.31. The van der Waals surface area contributed by atoms with Crippen LogP contribution in [0.25, 0.3) is 10.2 Å². The normalized spacial score (nSPS) is 16.1. The Balaban J connectivity index is 1.41. The van der Waals surface area contributed by atoms with Crippen LogP contribution in [0.15, 0.2) is 66.7 Å². The fraction of sp³-hybridized carbons (Fsp3) is 0.296. The fourth-order valence-corrected chi connectivity index (χ4v) is 5.22. The third-order valence-electron chi connectivity index (χ3n) is 6.12. The van der Waals surface area contributed by atoms with E-state index in [1.807, 2.05) is 42.5 Å². The van der Waals surface area contributed by atoms with Crippen LogP contribution in [-0.2, 0) is 11.3 Å². The molecule has 0 spiro atoms. The minimum Gasteiger partial charge on any atom is -0.489 e. The number of benzene rings is 3. The molecule has 1 unspecified atom stereocenters. The highest BCUT2D eigenvalue weighted by atomic mass is 32.1. The molecule has 0 saturated carbocycles. The van der Waals surface area contributed by atoms with Gasteiger partial charge in [0.05, 0.1) is 16.3 Å². The zero-order valence-electron chi connectivity index (χ0n) is 18.9. The first-order valence-electron chi connectivity index (χ1n) is 11.4. The summed E-state index contributed by atoms with van der Waals surface area (Å²) in [6, 6.07) is 19.8. The Morgan fingerprint density at radius 1 is 1.03 bits per heavy atom. The predicted molar refractivity (Wildman–Crippen MR) is 130 cm³/mol. The maximum absolute atomic E-state index is 14.0. The van der Waals surface area contributed by atoms with E-state index in [1.54, 1.807) is 11.3 Å². The summed E-state index contributed by atoms with van der Waals surface area (Å²) in [5.74, 6) is -1.19. The molecule has 0 aliphatic carbocycles. The largest absolute Gasteiger partial charge is 0.489 e. The number of hydrogen-bond donors (Lipinski definition) is 0. The molecule has 4 nitrogen and oxygen atoms in total. The van der Waals surface area contributed by atoms with Gasteiger partial charge in [0.1, 0.15) is 23.5 Å². The van der Waals surface area contributed by atoms with E-state index < -0.39 is 11.6 Å². The molecule has 5 rings (SSSR count). The number of likely N-dealkylation sites (tertiary alicyclic amines) is 1. The number of hydrogen-bond acceptors (Lipinski definition) is 5. The number of ether oxygens (including phenoxy) is 2. The van der Waals surface area contributed by atoms with Crippen LogP contribution in [0.2, 0.25) is 0 Å². The Kier molecular flexibility index (Phi) is 6.85. The molecule has 2 heterocycles. The first kappa shape index (κ1) is 22.9. The molecule has 1 aliphatic heterocycles. The van der Waals surface area contributed by atoms with E-state index in [0.29, 0.717) is 5.75 Å². The van der Waals surface area contributed by atoms with Crippen LogP contribution >= 0.6 is 11.3 Å². The van der Waals surface area contributed by atoms with Gasteiger partial charge in [0.2, 0.25) is 0 Å². The Morgan fingerprint density at radius 2 is 1.82 bits per heavy atom. The molecular formula is C27H26F2N2O2S. The molecule has 1 aliphatic rings. The van der Waals surface area contributed by atoms with Crippen LogP contribution in [0, 0.1) is 11.6 Å². The standard InChI is InChI=1S/C27H26F2N2O2S/c1-31-14-12-20(13-15-31)33-26(27-30-23-10-2-3-11-24(23)34-27)18-6-4-8-21(16-18)32-17-19-7-5-9-22(28)25(19)29/h2-11,16,20,26H,12-15,17H2,1H3. The molecule has 1 aromatic heterocycles. The van der Waals surface area contributed by atoms with E-state index in [2.05, 4.69) is 18.0 Å². The van der Waals surface area contributed by atoms with Crippen LogP contribution in [-0.4, -0.2) is 36.1 Å². The molecule has 34 heavy (non-hydrogen) atoms. The summed E-state index contributed by atoms with van der Waals surface area (Å²) in [5, 5.41) is 0.897. The highest BCUT2D eigenvalue weighted by Gasteiger charge is 2.26. The molecule has 0 amide bonds. The molecular weight excluding hydrogens is 454 g/mol. The van der Waals surface area contributed by atoms with Gasteiger partial charge in [-0.05, 0) is 55.8 Å². The Bertz CT molecular complexity index is 1240. The smallest absolute Gasteiger partial charge is 0.165 e. The average molecular weight is 481 g/mol. The lowest BCUT2D eigenvalue weighted by molar-refractivity contribution is -0.0235. The Labute approximate surface area is 201 Å². The van der Waals surface area contributed by atoms with Crippen LogP contribution in [0.1, 0.15) is 35.1 Å². The van der Waals surface area contributed by atoms with Gasteiger partial charge in [0.25, 0.3) is 0 Å². The number of thiazole rings is 1. The molecule has 1 fully saturated rings. The summed E-state index contributed by atoms with van der Waals surface area (Å²) in [4.78, 5) is 7.18. The van der Waals surface area contributed by atoms with Crippen molar-refractivity contribution in [2.45, 2.75) is 31.7 Å². The Hall–Kier alpha value is -2.87.